The normalized spacial score (nSPS) is 12.1. The van der Waals surface area contributed by atoms with Crippen LogP contribution in [-0.2, 0) is 0 Å². The van der Waals surface area contributed by atoms with Gasteiger partial charge in [-0.15, -0.1) is 11.3 Å². The van der Waals surface area contributed by atoms with E-state index in [4.69, 9.17) is 0 Å². The van der Waals surface area contributed by atoms with Crippen LogP contribution in [0.4, 0.5) is 4.39 Å². The summed E-state index contributed by atoms with van der Waals surface area (Å²) in [5.74, 6) is -0.529. The molecule has 2 rings (SSSR count). The summed E-state index contributed by atoms with van der Waals surface area (Å²) in [6.45, 7) is 1.92. The minimum absolute atomic E-state index is 0.0347. The topological polar surface area (TPSA) is 29.1 Å². The van der Waals surface area contributed by atoms with Crippen molar-refractivity contribution in [1.29, 1.82) is 0 Å². The molecule has 1 aromatic heterocycles. The van der Waals surface area contributed by atoms with Gasteiger partial charge in [-0.2, -0.15) is 0 Å². The van der Waals surface area contributed by atoms with Crippen LogP contribution in [0.1, 0.15) is 28.2 Å². The summed E-state index contributed by atoms with van der Waals surface area (Å²) < 4.78 is 12.7. The van der Waals surface area contributed by atoms with Crippen LogP contribution in [0.25, 0.3) is 0 Å². The van der Waals surface area contributed by atoms with Crippen molar-refractivity contribution in [2.75, 3.05) is 0 Å². The van der Waals surface area contributed by atoms with Crippen LogP contribution in [0, 0.1) is 5.82 Å². The summed E-state index contributed by atoms with van der Waals surface area (Å²) in [4.78, 5) is 12.9. The fourth-order valence-electron chi connectivity index (χ4n) is 1.49. The maximum absolute atomic E-state index is 12.7. The number of thiophene rings is 1. The molecule has 1 atom stereocenters. The van der Waals surface area contributed by atoms with Gasteiger partial charge in [0.05, 0.1) is 6.04 Å². The van der Waals surface area contributed by atoms with Gasteiger partial charge in [0.25, 0.3) is 5.91 Å². The van der Waals surface area contributed by atoms with Crippen molar-refractivity contribution < 1.29 is 9.18 Å². The van der Waals surface area contributed by atoms with Gasteiger partial charge in [-0.1, -0.05) is 6.07 Å². The van der Waals surface area contributed by atoms with Crippen molar-refractivity contribution in [3.05, 3.63) is 58.0 Å². The van der Waals surface area contributed by atoms with E-state index in [0.29, 0.717) is 5.56 Å². The molecule has 0 aliphatic carbocycles. The van der Waals surface area contributed by atoms with Crippen molar-refractivity contribution in [2.45, 2.75) is 13.0 Å². The lowest BCUT2D eigenvalue weighted by Gasteiger charge is -2.12. The predicted molar refractivity (Wildman–Crippen MR) is 66.6 cm³/mol. The quantitative estimate of drug-likeness (QED) is 0.887. The van der Waals surface area contributed by atoms with Gasteiger partial charge in [0.15, 0.2) is 0 Å². The molecule has 0 saturated carbocycles. The highest BCUT2D eigenvalue weighted by molar-refractivity contribution is 7.10. The number of amides is 1. The second kappa shape index (κ2) is 5.10. The third kappa shape index (κ3) is 2.91. The molecule has 0 spiro atoms. The highest BCUT2D eigenvalue weighted by atomic mass is 32.1. The van der Waals surface area contributed by atoms with E-state index in [2.05, 4.69) is 5.32 Å². The van der Waals surface area contributed by atoms with Gasteiger partial charge < -0.3 is 5.32 Å². The molecule has 88 valence electrons. The largest absolute Gasteiger partial charge is 0.345 e. The van der Waals surface area contributed by atoms with Gasteiger partial charge in [-0.3, -0.25) is 4.79 Å². The highest BCUT2D eigenvalue weighted by Crippen LogP contribution is 2.18. The molecule has 1 amide bonds. The molecule has 0 saturated heterocycles. The second-order valence-corrected chi connectivity index (χ2v) is 4.70. The van der Waals surface area contributed by atoms with Crippen LogP contribution in [0.15, 0.2) is 41.8 Å². The SMILES string of the molecule is CC(NC(=O)c1ccc(F)cc1)c1cccs1. The van der Waals surface area contributed by atoms with E-state index in [1.807, 2.05) is 24.4 Å². The Labute approximate surface area is 103 Å². The van der Waals surface area contributed by atoms with Gasteiger partial charge in [0.1, 0.15) is 5.82 Å². The molecule has 4 heteroatoms. The van der Waals surface area contributed by atoms with Crippen LogP contribution in [0.5, 0.6) is 0 Å². The number of carbonyl (C=O) groups excluding carboxylic acids is 1. The van der Waals surface area contributed by atoms with Crippen LogP contribution in [-0.4, -0.2) is 5.91 Å². The summed E-state index contributed by atoms with van der Waals surface area (Å²) in [6.07, 6.45) is 0. The number of hydrogen-bond donors (Lipinski definition) is 1. The standard InChI is InChI=1S/C13H12FNOS/c1-9(12-3-2-8-17-12)15-13(16)10-4-6-11(14)7-5-10/h2-9H,1H3,(H,15,16). The first-order valence-electron chi connectivity index (χ1n) is 5.26. The van der Waals surface area contributed by atoms with E-state index in [-0.39, 0.29) is 17.8 Å². The van der Waals surface area contributed by atoms with E-state index in [9.17, 15) is 9.18 Å². The zero-order valence-corrected chi connectivity index (χ0v) is 10.1. The molecular formula is C13H12FNOS. The van der Waals surface area contributed by atoms with Gasteiger partial charge in [-0.25, -0.2) is 4.39 Å². The van der Waals surface area contributed by atoms with Crippen molar-refractivity contribution in [1.82, 2.24) is 5.32 Å². The van der Waals surface area contributed by atoms with Crippen molar-refractivity contribution in [3.8, 4) is 0 Å². The Morgan fingerprint density at radius 3 is 2.59 bits per heavy atom. The summed E-state index contributed by atoms with van der Waals surface area (Å²) in [5.41, 5.74) is 0.467. The number of hydrogen-bond acceptors (Lipinski definition) is 2. The average Bonchev–Trinajstić information content (AvgIpc) is 2.83. The molecule has 0 aliphatic heterocycles. The monoisotopic (exact) mass is 249 g/mol. The summed E-state index contributed by atoms with van der Waals surface area (Å²) >= 11 is 1.60. The fourth-order valence-corrected chi connectivity index (χ4v) is 2.22. The Balaban J connectivity index is 2.04. The van der Waals surface area contributed by atoms with Crippen LogP contribution in [0.2, 0.25) is 0 Å². The van der Waals surface area contributed by atoms with Gasteiger partial charge >= 0.3 is 0 Å². The Bertz CT molecular complexity index is 493. The number of benzene rings is 1. The van der Waals surface area contributed by atoms with E-state index in [1.165, 1.54) is 24.3 Å². The van der Waals surface area contributed by atoms with Crippen LogP contribution < -0.4 is 5.32 Å². The second-order valence-electron chi connectivity index (χ2n) is 3.72. The molecule has 2 nitrogen and oxygen atoms in total. The van der Waals surface area contributed by atoms with Gasteiger partial charge in [0, 0.05) is 10.4 Å². The van der Waals surface area contributed by atoms with Crippen LogP contribution in [0.3, 0.4) is 0 Å². The first-order valence-corrected chi connectivity index (χ1v) is 6.14. The maximum Gasteiger partial charge on any atom is 0.251 e. The first-order chi connectivity index (χ1) is 8.16. The molecule has 17 heavy (non-hydrogen) atoms. The van der Waals surface area contributed by atoms with E-state index < -0.39 is 0 Å². The van der Waals surface area contributed by atoms with E-state index in [1.54, 1.807) is 11.3 Å². The van der Waals surface area contributed by atoms with Gasteiger partial charge in [0.2, 0.25) is 0 Å². The summed E-state index contributed by atoms with van der Waals surface area (Å²) in [6, 6.07) is 9.40. The molecule has 0 bridgehead atoms. The predicted octanol–water partition coefficient (Wildman–Crippen LogP) is 3.38. The molecule has 1 aromatic carbocycles. The Kier molecular flexibility index (Phi) is 3.54. The van der Waals surface area contributed by atoms with Crippen molar-refractivity contribution >= 4 is 17.2 Å². The molecule has 0 radical (unpaired) electrons. The molecular weight excluding hydrogens is 237 g/mol. The van der Waals surface area contributed by atoms with Crippen LogP contribution >= 0.6 is 11.3 Å². The zero-order chi connectivity index (χ0) is 12.3. The summed E-state index contributed by atoms with van der Waals surface area (Å²) in [5, 5.41) is 4.84. The molecule has 1 unspecified atom stereocenters. The maximum atomic E-state index is 12.7. The number of nitrogens with one attached hydrogen (secondary N) is 1. The highest BCUT2D eigenvalue weighted by Gasteiger charge is 2.11. The summed E-state index contributed by atoms with van der Waals surface area (Å²) in [7, 11) is 0. The van der Waals surface area contributed by atoms with Crippen molar-refractivity contribution in [2.24, 2.45) is 0 Å². The first kappa shape index (κ1) is 11.8. The molecule has 0 fully saturated rings. The van der Waals surface area contributed by atoms with Gasteiger partial charge in [-0.05, 0) is 42.6 Å². The lowest BCUT2D eigenvalue weighted by atomic mass is 10.2. The smallest absolute Gasteiger partial charge is 0.251 e. The number of halogens is 1. The van der Waals surface area contributed by atoms with E-state index >= 15 is 0 Å². The van der Waals surface area contributed by atoms with Crippen molar-refractivity contribution in [3.63, 3.8) is 0 Å². The lowest BCUT2D eigenvalue weighted by molar-refractivity contribution is 0.0940. The molecule has 2 aromatic rings. The number of rotatable bonds is 3. The fraction of sp³-hybridized carbons (Fsp3) is 0.154. The molecule has 1 N–H and O–H groups in total. The Hall–Kier alpha value is -1.68. The minimum Gasteiger partial charge on any atom is -0.345 e. The zero-order valence-electron chi connectivity index (χ0n) is 9.31. The molecule has 0 aliphatic rings. The lowest BCUT2D eigenvalue weighted by Crippen LogP contribution is -2.26. The Morgan fingerprint density at radius 1 is 1.29 bits per heavy atom. The minimum atomic E-state index is -0.340. The molecule has 1 heterocycles. The Morgan fingerprint density at radius 2 is 2.00 bits per heavy atom. The third-order valence-corrected chi connectivity index (χ3v) is 3.48. The average molecular weight is 249 g/mol. The number of carbonyl (C=O) groups is 1. The third-order valence-electron chi connectivity index (χ3n) is 2.42. The van der Waals surface area contributed by atoms with E-state index in [0.717, 1.165) is 4.88 Å².